The van der Waals surface area contributed by atoms with E-state index in [1.165, 1.54) is 6.92 Å². The second-order valence-electron chi connectivity index (χ2n) is 4.09. The molecule has 1 aromatic carbocycles. The molecule has 0 heterocycles. The molecule has 1 atom stereocenters. The third kappa shape index (κ3) is 4.04. The van der Waals surface area contributed by atoms with Crippen molar-refractivity contribution in [3.8, 4) is 0 Å². The molecule has 0 unspecified atom stereocenters. The lowest BCUT2D eigenvalue weighted by atomic mass is 9.99. The first-order chi connectivity index (χ1) is 9.50. The quantitative estimate of drug-likeness (QED) is 0.678. The summed E-state index contributed by atoms with van der Waals surface area (Å²) in [4.78, 5) is 11.1. The number of carbonyl (C=O) groups excluding carboxylic acids is 1. The first kappa shape index (κ1) is 17.6. The number of carbonyl (C=O) groups is 1. The number of nitrogens with two attached hydrogens (primary N) is 1. The maximum absolute atomic E-state index is 13.7. The molecular formula is C12H11ClF5NO2. The molecular weight excluding hydrogens is 321 g/mol. The Morgan fingerprint density at radius 2 is 1.86 bits per heavy atom. The Bertz CT molecular complexity index is 533. The van der Waals surface area contributed by atoms with Crippen LogP contribution in [0.2, 0.25) is 5.02 Å². The van der Waals surface area contributed by atoms with Gasteiger partial charge in [-0.15, -0.1) is 0 Å². The van der Waals surface area contributed by atoms with Gasteiger partial charge in [0.15, 0.2) is 0 Å². The fourth-order valence-corrected chi connectivity index (χ4v) is 1.76. The van der Waals surface area contributed by atoms with E-state index in [9.17, 15) is 26.7 Å². The van der Waals surface area contributed by atoms with E-state index in [0.717, 1.165) is 6.07 Å². The van der Waals surface area contributed by atoms with Gasteiger partial charge >= 0.3 is 18.1 Å². The molecule has 2 N–H and O–H groups in total. The Kier molecular flexibility index (Phi) is 5.16. The highest BCUT2D eigenvalue weighted by atomic mass is 35.5. The smallest absolute Gasteiger partial charge is 0.416 e. The molecule has 0 spiro atoms. The summed E-state index contributed by atoms with van der Waals surface area (Å²) in [6.45, 7) is 0.991. The van der Waals surface area contributed by atoms with Crippen LogP contribution in [0.5, 0.6) is 0 Å². The monoisotopic (exact) mass is 331 g/mol. The van der Waals surface area contributed by atoms with Crippen LogP contribution in [-0.2, 0) is 15.7 Å². The Hall–Kier alpha value is -1.41. The minimum atomic E-state index is -4.78. The summed E-state index contributed by atoms with van der Waals surface area (Å²) >= 11 is 5.47. The molecule has 9 heteroatoms. The van der Waals surface area contributed by atoms with Crippen molar-refractivity contribution in [1.82, 2.24) is 0 Å². The molecule has 0 radical (unpaired) electrons. The highest BCUT2D eigenvalue weighted by Gasteiger charge is 2.48. The normalized spacial score (nSPS) is 13.9. The average molecular weight is 332 g/mol. The van der Waals surface area contributed by atoms with E-state index in [0.29, 0.717) is 12.1 Å². The van der Waals surface area contributed by atoms with Gasteiger partial charge in [-0.2, -0.15) is 22.0 Å². The number of rotatable bonds is 4. The van der Waals surface area contributed by atoms with Crippen molar-refractivity contribution in [3.63, 3.8) is 0 Å². The SMILES string of the molecule is CCOC(=O)C(F)(F)[C@H](N)c1cc(Cl)cc(C(F)(F)F)c1. The minimum Gasteiger partial charge on any atom is -0.462 e. The number of alkyl halides is 5. The summed E-state index contributed by atoms with van der Waals surface area (Å²) in [5.74, 6) is -6.09. The van der Waals surface area contributed by atoms with Crippen LogP contribution in [0.15, 0.2) is 18.2 Å². The molecule has 0 aliphatic carbocycles. The van der Waals surface area contributed by atoms with Crippen LogP contribution in [0, 0.1) is 0 Å². The van der Waals surface area contributed by atoms with Crippen molar-refractivity contribution in [1.29, 1.82) is 0 Å². The Labute approximate surface area is 121 Å². The van der Waals surface area contributed by atoms with Crippen LogP contribution in [0.3, 0.4) is 0 Å². The topological polar surface area (TPSA) is 52.3 Å². The molecule has 1 aromatic rings. The molecule has 1 rings (SSSR count). The van der Waals surface area contributed by atoms with Crippen LogP contribution >= 0.6 is 11.6 Å². The minimum absolute atomic E-state index is 0.315. The third-order valence-electron chi connectivity index (χ3n) is 2.54. The maximum Gasteiger partial charge on any atom is 0.416 e. The maximum atomic E-state index is 13.7. The lowest BCUT2D eigenvalue weighted by Gasteiger charge is -2.22. The highest BCUT2D eigenvalue weighted by molar-refractivity contribution is 6.30. The van der Waals surface area contributed by atoms with Gasteiger partial charge in [-0.1, -0.05) is 11.6 Å². The van der Waals surface area contributed by atoms with Gasteiger partial charge in [-0.05, 0) is 30.7 Å². The van der Waals surface area contributed by atoms with Crippen molar-refractivity contribution in [2.24, 2.45) is 5.73 Å². The molecule has 0 bridgehead atoms. The largest absolute Gasteiger partial charge is 0.462 e. The summed E-state index contributed by atoms with van der Waals surface area (Å²) in [5, 5.41) is -0.421. The molecule has 3 nitrogen and oxygen atoms in total. The zero-order valence-corrected chi connectivity index (χ0v) is 11.4. The lowest BCUT2D eigenvalue weighted by molar-refractivity contribution is -0.174. The zero-order valence-electron chi connectivity index (χ0n) is 10.7. The van der Waals surface area contributed by atoms with Crippen molar-refractivity contribution in [3.05, 3.63) is 34.3 Å². The molecule has 21 heavy (non-hydrogen) atoms. The number of benzene rings is 1. The molecule has 0 aliphatic rings. The predicted molar refractivity (Wildman–Crippen MR) is 65.0 cm³/mol. The first-order valence-corrected chi connectivity index (χ1v) is 6.06. The van der Waals surface area contributed by atoms with E-state index in [1.54, 1.807) is 0 Å². The van der Waals surface area contributed by atoms with Crippen molar-refractivity contribution < 1.29 is 31.5 Å². The van der Waals surface area contributed by atoms with Gasteiger partial charge < -0.3 is 10.5 Å². The number of hydrogen-bond acceptors (Lipinski definition) is 3. The zero-order chi connectivity index (χ0) is 16.4. The second kappa shape index (κ2) is 6.15. The van der Waals surface area contributed by atoms with Crippen molar-refractivity contribution >= 4 is 17.6 Å². The molecule has 0 saturated heterocycles. The van der Waals surface area contributed by atoms with Crippen molar-refractivity contribution in [2.75, 3.05) is 6.61 Å². The Balaban J connectivity index is 3.21. The fourth-order valence-electron chi connectivity index (χ4n) is 1.52. The summed E-state index contributed by atoms with van der Waals surface area (Å²) in [7, 11) is 0. The van der Waals surface area contributed by atoms with Gasteiger partial charge in [0.25, 0.3) is 0 Å². The van der Waals surface area contributed by atoms with E-state index >= 15 is 0 Å². The van der Waals surface area contributed by atoms with Gasteiger partial charge in [-0.25, -0.2) is 4.79 Å². The van der Waals surface area contributed by atoms with Crippen LogP contribution in [-0.4, -0.2) is 18.5 Å². The number of esters is 1. The van der Waals surface area contributed by atoms with Crippen LogP contribution in [0.25, 0.3) is 0 Å². The Morgan fingerprint density at radius 3 is 2.33 bits per heavy atom. The molecule has 118 valence electrons. The van der Waals surface area contributed by atoms with Crippen LogP contribution in [0.1, 0.15) is 24.1 Å². The highest BCUT2D eigenvalue weighted by Crippen LogP contribution is 2.36. The van der Waals surface area contributed by atoms with Gasteiger partial charge in [0.05, 0.1) is 12.2 Å². The third-order valence-corrected chi connectivity index (χ3v) is 2.76. The molecule has 0 aromatic heterocycles. The number of halogens is 6. The predicted octanol–water partition coefficient (Wildman–Crippen LogP) is 3.56. The number of hydrogen-bond donors (Lipinski definition) is 1. The van der Waals surface area contributed by atoms with Gasteiger partial charge in [0.2, 0.25) is 0 Å². The standard InChI is InChI=1S/C12H11ClF5NO2/c1-2-21-10(20)11(14,15)9(19)6-3-7(12(16,17)18)5-8(13)4-6/h3-5,9H,2,19H2,1H3/t9-/m1/s1. The van der Waals surface area contributed by atoms with Gasteiger partial charge in [-0.3, -0.25) is 0 Å². The fraction of sp³-hybridized carbons (Fsp3) is 0.417. The molecule has 0 aliphatic heterocycles. The summed E-state index contributed by atoms with van der Waals surface area (Å²) in [6.07, 6.45) is -4.78. The molecule has 0 amide bonds. The van der Waals surface area contributed by atoms with E-state index in [4.69, 9.17) is 17.3 Å². The van der Waals surface area contributed by atoms with Crippen molar-refractivity contribution in [2.45, 2.75) is 25.1 Å². The summed E-state index contributed by atoms with van der Waals surface area (Å²) in [6, 6.07) is -0.477. The second-order valence-corrected chi connectivity index (χ2v) is 4.53. The van der Waals surface area contributed by atoms with Crippen LogP contribution in [0.4, 0.5) is 22.0 Å². The van der Waals surface area contributed by atoms with Gasteiger partial charge in [0.1, 0.15) is 6.04 Å². The van der Waals surface area contributed by atoms with E-state index in [-0.39, 0.29) is 6.61 Å². The van der Waals surface area contributed by atoms with Crippen LogP contribution < -0.4 is 5.73 Å². The summed E-state index contributed by atoms with van der Waals surface area (Å²) < 4.78 is 69.4. The molecule has 0 saturated carbocycles. The molecule has 0 fully saturated rings. The van der Waals surface area contributed by atoms with Gasteiger partial charge in [0, 0.05) is 5.02 Å². The summed E-state index contributed by atoms with van der Waals surface area (Å²) in [5.41, 5.74) is 3.35. The Morgan fingerprint density at radius 1 is 1.29 bits per heavy atom. The average Bonchev–Trinajstić information content (AvgIpc) is 2.36. The van der Waals surface area contributed by atoms with E-state index in [2.05, 4.69) is 4.74 Å². The van der Waals surface area contributed by atoms with E-state index in [1.807, 2.05) is 0 Å². The lowest BCUT2D eigenvalue weighted by Crippen LogP contribution is -2.41. The number of ether oxygens (including phenoxy) is 1. The first-order valence-electron chi connectivity index (χ1n) is 5.68. The van der Waals surface area contributed by atoms with E-state index < -0.39 is 40.3 Å².